The standard InChI is InChI=1S/C10H9N3O2/c1-2-7-15-13-10(14)8-5-3-4-6-9(8)11-12-13/h2-6H,1,7H2. The second-order valence-corrected chi connectivity index (χ2v) is 2.87. The fourth-order valence-corrected chi connectivity index (χ4v) is 1.18. The summed E-state index contributed by atoms with van der Waals surface area (Å²) in [5, 5.41) is 7.96. The summed E-state index contributed by atoms with van der Waals surface area (Å²) in [7, 11) is 0. The maximum atomic E-state index is 11.7. The van der Waals surface area contributed by atoms with E-state index in [2.05, 4.69) is 16.9 Å². The van der Waals surface area contributed by atoms with Gasteiger partial charge in [0.2, 0.25) is 0 Å². The number of hydrogen-bond acceptors (Lipinski definition) is 4. The third kappa shape index (κ3) is 1.71. The van der Waals surface area contributed by atoms with Crippen LogP contribution in [-0.4, -0.2) is 21.8 Å². The summed E-state index contributed by atoms with van der Waals surface area (Å²) < 4.78 is 0. The third-order valence-corrected chi connectivity index (χ3v) is 1.86. The van der Waals surface area contributed by atoms with Gasteiger partial charge in [-0.3, -0.25) is 4.79 Å². The van der Waals surface area contributed by atoms with E-state index in [1.807, 2.05) is 0 Å². The quantitative estimate of drug-likeness (QED) is 0.678. The van der Waals surface area contributed by atoms with Crippen LogP contribution in [0.4, 0.5) is 0 Å². The van der Waals surface area contributed by atoms with Crippen molar-refractivity contribution in [2.75, 3.05) is 6.61 Å². The van der Waals surface area contributed by atoms with Gasteiger partial charge in [0.25, 0.3) is 0 Å². The van der Waals surface area contributed by atoms with Crippen molar-refractivity contribution < 1.29 is 4.84 Å². The van der Waals surface area contributed by atoms with Crippen LogP contribution in [0.1, 0.15) is 0 Å². The molecule has 2 rings (SSSR count). The lowest BCUT2D eigenvalue weighted by molar-refractivity contribution is 0.0877. The lowest BCUT2D eigenvalue weighted by atomic mass is 10.2. The summed E-state index contributed by atoms with van der Waals surface area (Å²) in [4.78, 5) is 17.6. The van der Waals surface area contributed by atoms with E-state index < -0.39 is 0 Å². The van der Waals surface area contributed by atoms with Crippen molar-refractivity contribution >= 4 is 10.9 Å². The first-order valence-electron chi connectivity index (χ1n) is 4.42. The molecule has 5 heteroatoms. The SMILES string of the molecule is C=CCOn1nnc2ccccc2c1=O. The van der Waals surface area contributed by atoms with Crippen molar-refractivity contribution in [2.45, 2.75) is 0 Å². The highest BCUT2D eigenvalue weighted by molar-refractivity contribution is 5.76. The Labute approximate surface area is 85.6 Å². The summed E-state index contributed by atoms with van der Waals surface area (Å²) in [5.41, 5.74) is 0.239. The first-order valence-corrected chi connectivity index (χ1v) is 4.42. The largest absolute Gasteiger partial charge is 0.388 e. The van der Waals surface area contributed by atoms with Gasteiger partial charge in [-0.15, -0.1) is 5.10 Å². The average Bonchev–Trinajstić information content (AvgIpc) is 2.29. The fraction of sp³-hybridized carbons (Fsp3) is 0.100. The maximum Gasteiger partial charge on any atom is 0.314 e. The van der Waals surface area contributed by atoms with Gasteiger partial charge in [-0.2, -0.15) is 0 Å². The molecule has 0 amide bonds. The molecular formula is C10H9N3O2. The van der Waals surface area contributed by atoms with Gasteiger partial charge in [0.05, 0.1) is 5.39 Å². The zero-order chi connectivity index (χ0) is 10.7. The molecule has 1 aromatic heterocycles. The van der Waals surface area contributed by atoms with E-state index in [1.54, 1.807) is 24.3 Å². The van der Waals surface area contributed by atoms with E-state index in [9.17, 15) is 4.79 Å². The Bertz CT molecular complexity index is 548. The minimum absolute atomic E-state index is 0.215. The molecule has 0 unspecified atom stereocenters. The first kappa shape index (κ1) is 9.39. The molecule has 0 saturated carbocycles. The molecule has 76 valence electrons. The van der Waals surface area contributed by atoms with E-state index >= 15 is 0 Å². The minimum Gasteiger partial charge on any atom is -0.388 e. The Kier molecular flexibility index (Phi) is 2.45. The second-order valence-electron chi connectivity index (χ2n) is 2.87. The predicted octanol–water partition coefficient (Wildman–Crippen LogP) is 0.406. The summed E-state index contributed by atoms with van der Waals surface area (Å²) in [6, 6.07) is 6.97. The highest BCUT2D eigenvalue weighted by atomic mass is 16.7. The van der Waals surface area contributed by atoms with Crippen LogP contribution in [0, 0.1) is 0 Å². The van der Waals surface area contributed by atoms with Gasteiger partial charge in [-0.05, 0) is 22.2 Å². The van der Waals surface area contributed by atoms with E-state index in [-0.39, 0.29) is 12.2 Å². The molecule has 2 aromatic rings. The number of benzene rings is 1. The number of aromatic nitrogens is 3. The average molecular weight is 203 g/mol. The van der Waals surface area contributed by atoms with Crippen molar-refractivity contribution in [1.82, 2.24) is 15.2 Å². The van der Waals surface area contributed by atoms with Gasteiger partial charge in [-0.1, -0.05) is 24.8 Å². The molecule has 0 aliphatic carbocycles. The Morgan fingerprint density at radius 1 is 1.47 bits per heavy atom. The Morgan fingerprint density at radius 3 is 3.07 bits per heavy atom. The van der Waals surface area contributed by atoms with Crippen LogP contribution in [0.5, 0.6) is 0 Å². The summed E-state index contributed by atoms with van der Waals surface area (Å²) in [6.45, 7) is 3.69. The van der Waals surface area contributed by atoms with Crippen LogP contribution in [0.3, 0.4) is 0 Å². The normalized spacial score (nSPS) is 10.1. The zero-order valence-electron chi connectivity index (χ0n) is 7.96. The van der Waals surface area contributed by atoms with E-state index in [0.717, 1.165) is 4.85 Å². The summed E-state index contributed by atoms with van der Waals surface area (Å²) in [5.74, 6) is 0. The topological polar surface area (TPSA) is 57.0 Å². The van der Waals surface area contributed by atoms with E-state index in [0.29, 0.717) is 10.9 Å². The molecule has 0 N–H and O–H groups in total. The van der Waals surface area contributed by atoms with E-state index in [1.165, 1.54) is 6.08 Å². The molecule has 0 saturated heterocycles. The molecule has 0 radical (unpaired) electrons. The number of fused-ring (bicyclic) bond motifs is 1. The number of hydrogen-bond donors (Lipinski definition) is 0. The number of rotatable bonds is 3. The van der Waals surface area contributed by atoms with E-state index in [4.69, 9.17) is 4.84 Å². The molecule has 0 spiro atoms. The Morgan fingerprint density at radius 2 is 2.27 bits per heavy atom. The summed E-state index contributed by atoms with van der Waals surface area (Å²) >= 11 is 0. The van der Waals surface area contributed by atoms with Crippen LogP contribution < -0.4 is 10.4 Å². The van der Waals surface area contributed by atoms with Crippen LogP contribution in [0.25, 0.3) is 10.9 Å². The van der Waals surface area contributed by atoms with Gasteiger partial charge in [0, 0.05) is 0 Å². The van der Waals surface area contributed by atoms with Crippen LogP contribution in [-0.2, 0) is 0 Å². The van der Waals surface area contributed by atoms with Gasteiger partial charge in [0.15, 0.2) is 0 Å². The highest BCUT2D eigenvalue weighted by Gasteiger charge is 2.04. The predicted molar refractivity (Wildman–Crippen MR) is 55.4 cm³/mol. The first-order chi connectivity index (χ1) is 7.33. The molecule has 1 heterocycles. The molecule has 0 bridgehead atoms. The van der Waals surface area contributed by atoms with Gasteiger partial charge >= 0.3 is 5.56 Å². The van der Waals surface area contributed by atoms with Crippen LogP contribution in [0.2, 0.25) is 0 Å². The molecule has 15 heavy (non-hydrogen) atoms. The van der Waals surface area contributed by atoms with Crippen molar-refractivity contribution in [2.24, 2.45) is 0 Å². The van der Waals surface area contributed by atoms with Crippen molar-refractivity contribution in [3.63, 3.8) is 0 Å². The smallest absolute Gasteiger partial charge is 0.314 e. The van der Waals surface area contributed by atoms with Gasteiger partial charge in [0.1, 0.15) is 12.1 Å². The third-order valence-electron chi connectivity index (χ3n) is 1.86. The fourth-order valence-electron chi connectivity index (χ4n) is 1.18. The van der Waals surface area contributed by atoms with Gasteiger partial charge < -0.3 is 4.84 Å². The zero-order valence-corrected chi connectivity index (χ0v) is 7.96. The lowest BCUT2D eigenvalue weighted by Crippen LogP contribution is -2.30. The van der Waals surface area contributed by atoms with Crippen molar-refractivity contribution in [3.05, 3.63) is 47.3 Å². The Hall–Kier alpha value is -2.17. The molecular weight excluding hydrogens is 194 g/mol. The maximum absolute atomic E-state index is 11.7. The minimum atomic E-state index is -0.317. The monoisotopic (exact) mass is 203 g/mol. The molecule has 0 fully saturated rings. The highest BCUT2D eigenvalue weighted by Crippen LogP contribution is 2.02. The Balaban J connectivity index is 2.55. The lowest BCUT2D eigenvalue weighted by Gasteiger charge is -2.03. The molecule has 0 aliphatic rings. The molecule has 1 aromatic carbocycles. The second kappa shape index (κ2) is 3.91. The molecule has 5 nitrogen and oxygen atoms in total. The van der Waals surface area contributed by atoms with Crippen LogP contribution in [0.15, 0.2) is 41.7 Å². The number of nitrogens with zero attached hydrogens (tertiary/aromatic N) is 3. The molecule has 0 aliphatic heterocycles. The van der Waals surface area contributed by atoms with Crippen molar-refractivity contribution in [1.29, 1.82) is 0 Å². The summed E-state index contributed by atoms with van der Waals surface area (Å²) in [6.07, 6.45) is 1.53. The molecule has 0 atom stereocenters. The van der Waals surface area contributed by atoms with Crippen LogP contribution >= 0.6 is 0 Å². The van der Waals surface area contributed by atoms with Crippen molar-refractivity contribution in [3.8, 4) is 0 Å². The van der Waals surface area contributed by atoms with Gasteiger partial charge in [-0.25, -0.2) is 0 Å².